The predicted octanol–water partition coefficient (Wildman–Crippen LogP) is 5.69. The van der Waals surface area contributed by atoms with E-state index in [1.54, 1.807) is 6.20 Å². The van der Waals surface area contributed by atoms with Crippen LogP contribution in [0.2, 0.25) is 5.02 Å². The first-order valence-corrected chi connectivity index (χ1v) is 8.22. The largest absolute Gasteiger partial charge is 0.258 e. The van der Waals surface area contributed by atoms with E-state index in [2.05, 4.69) is 42.9 Å². The van der Waals surface area contributed by atoms with Crippen LogP contribution in [0, 0.1) is 0 Å². The number of rotatable bonds is 0. The van der Waals surface area contributed by atoms with Gasteiger partial charge in [0.1, 0.15) is 5.38 Å². The Labute approximate surface area is 138 Å². The first-order valence-electron chi connectivity index (χ1n) is 5.82. The number of nitrogens with zero attached hydrogens (tertiary/aromatic N) is 1. The van der Waals surface area contributed by atoms with Crippen molar-refractivity contribution in [3.63, 3.8) is 0 Å². The molecule has 0 radical (unpaired) electrons. The summed E-state index contributed by atoms with van der Waals surface area (Å²) in [7, 11) is 0. The maximum Gasteiger partial charge on any atom is 0.102 e. The lowest BCUT2D eigenvalue weighted by atomic mass is 10.0. The Morgan fingerprint density at radius 1 is 1.11 bits per heavy atom. The second kappa shape index (κ2) is 5.36. The quantitative estimate of drug-likeness (QED) is 0.498. The molecule has 0 saturated carbocycles. The Bertz CT molecular complexity index is 658. The van der Waals surface area contributed by atoms with E-state index in [4.69, 9.17) is 23.2 Å². The molecule has 0 amide bonds. The molecule has 1 aliphatic carbocycles. The lowest BCUT2D eigenvalue weighted by Gasteiger charge is -2.15. The van der Waals surface area contributed by atoms with Gasteiger partial charge in [0.2, 0.25) is 0 Å². The van der Waals surface area contributed by atoms with E-state index in [0.29, 0.717) is 0 Å². The second-order valence-electron chi connectivity index (χ2n) is 4.52. The summed E-state index contributed by atoms with van der Waals surface area (Å²) in [5.41, 5.74) is 4.40. The molecule has 19 heavy (non-hydrogen) atoms. The van der Waals surface area contributed by atoms with Gasteiger partial charge in [0, 0.05) is 20.2 Å². The topological polar surface area (TPSA) is 12.9 Å². The number of aryl methyl sites for hydroxylation is 2. The molecule has 3 rings (SSSR count). The molecule has 1 aromatic carbocycles. The minimum atomic E-state index is -0.243. The Balaban J connectivity index is 2.20. The SMILES string of the molecule is Clc1cc(Br)c2c(c1)CCc1cc(Br)cnc1C2Cl. The third-order valence-corrected chi connectivity index (χ3v) is 5.04. The molecule has 0 aliphatic heterocycles. The second-order valence-corrected chi connectivity index (χ2v) is 7.16. The number of halogens is 4. The number of alkyl halides is 1. The third kappa shape index (κ3) is 2.58. The molecule has 2 aromatic rings. The van der Waals surface area contributed by atoms with Crippen LogP contribution in [-0.2, 0) is 12.8 Å². The summed E-state index contributed by atoms with van der Waals surface area (Å²) in [6.45, 7) is 0. The van der Waals surface area contributed by atoms with Gasteiger partial charge in [-0.15, -0.1) is 11.6 Å². The molecular weight excluding hydrogens is 413 g/mol. The summed E-state index contributed by atoms with van der Waals surface area (Å²) in [5.74, 6) is 0. The number of fused-ring (bicyclic) bond motifs is 2. The molecule has 0 N–H and O–H groups in total. The van der Waals surface area contributed by atoms with Crippen molar-refractivity contribution in [1.29, 1.82) is 0 Å². The van der Waals surface area contributed by atoms with Gasteiger partial charge in [-0.1, -0.05) is 27.5 Å². The molecule has 1 aromatic heterocycles. The average molecular weight is 422 g/mol. The van der Waals surface area contributed by atoms with E-state index in [9.17, 15) is 0 Å². The maximum absolute atomic E-state index is 6.64. The monoisotopic (exact) mass is 419 g/mol. The van der Waals surface area contributed by atoms with Gasteiger partial charge < -0.3 is 0 Å². The van der Waals surface area contributed by atoms with Gasteiger partial charge in [0.15, 0.2) is 0 Å². The fourth-order valence-corrected chi connectivity index (χ4v) is 4.52. The highest BCUT2D eigenvalue weighted by Gasteiger charge is 2.25. The van der Waals surface area contributed by atoms with Gasteiger partial charge in [0.25, 0.3) is 0 Å². The van der Waals surface area contributed by atoms with Gasteiger partial charge in [-0.3, -0.25) is 4.98 Å². The third-order valence-electron chi connectivity index (χ3n) is 3.31. The van der Waals surface area contributed by atoms with Crippen LogP contribution in [0.1, 0.15) is 27.8 Å². The zero-order valence-corrected chi connectivity index (χ0v) is 14.4. The van der Waals surface area contributed by atoms with Crippen LogP contribution in [0.15, 0.2) is 33.3 Å². The fraction of sp³-hybridized carbons (Fsp3) is 0.214. The lowest BCUT2D eigenvalue weighted by Crippen LogP contribution is -2.01. The summed E-state index contributed by atoms with van der Waals surface area (Å²) in [6, 6.07) is 5.98. The number of pyridine rings is 1. The van der Waals surface area contributed by atoms with Crippen LogP contribution in [-0.4, -0.2) is 4.98 Å². The molecule has 0 fully saturated rings. The normalized spacial score (nSPS) is 17.6. The molecule has 98 valence electrons. The fourth-order valence-electron chi connectivity index (χ4n) is 2.46. The Hall–Kier alpha value is -0.0900. The molecule has 0 saturated heterocycles. The smallest absolute Gasteiger partial charge is 0.102 e. The van der Waals surface area contributed by atoms with Crippen LogP contribution < -0.4 is 0 Å². The van der Waals surface area contributed by atoms with Gasteiger partial charge in [-0.05, 0) is 63.7 Å². The van der Waals surface area contributed by atoms with Gasteiger partial charge in [0.05, 0.1) is 5.69 Å². The highest BCUT2D eigenvalue weighted by Crippen LogP contribution is 2.41. The van der Waals surface area contributed by atoms with Crippen molar-refractivity contribution in [2.24, 2.45) is 0 Å². The van der Waals surface area contributed by atoms with E-state index in [-0.39, 0.29) is 5.38 Å². The van der Waals surface area contributed by atoms with E-state index in [0.717, 1.165) is 38.1 Å². The first-order chi connectivity index (χ1) is 9.06. The average Bonchev–Trinajstić information content (AvgIpc) is 2.47. The Morgan fingerprint density at radius 3 is 2.63 bits per heavy atom. The van der Waals surface area contributed by atoms with E-state index >= 15 is 0 Å². The molecule has 1 aliphatic rings. The van der Waals surface area contributed by atoms with Crippen molar-refractivity contribution < 1.29 is 0 Å². The van der Waals surface area contributed by atoms with Crippen LogP contribution in [0.4, 0.5) is 0 Å². The molecule has 0 spiro atoms. The molecule has 1 unspecified atom stereocenters. The van der Waals surface area contributed by atoms with Gasteiger partial charge in [-0.2, -0.15) is 0 Å². The molecular formula is C14H9Br2Cl2N. The molecule has 1 nitrogen and oxygen atoms in total. The van der Waals surface area contributed by atoms with E-state index in [1.807, 2.05) is 12.1 Å². The summed E-state index contributed by atoms with van der Waals surface area (Å²) in [6.07, 6.45) is 3.64. The molecule has 0 bridgehead atoms. The van der Waals surface area contributed by atoms with Gasteiger partial charge >= 0.3 is 0 Å². The minimum Gasteiger partial charge on any atom is -0.258 e. The Kier molecular flexibility index (Phi) is 3.91. The van der Waals surface area contributed by atoms with Crippen molar-refractivity contribution in [2.45, 2.75) is 18.2 Å². The summed E-state index contributed by atoms with van der Waals surface area (Å²) in [5, 5.41) is 0.488. The molecule has 1 atom stereocenters. The van der Waals surface area contributed by atoms with Crippen LogP contribution in [0.3, 0.4) is 0 Å². The summed E-state index contributed by atoms with van der Waals surface area (Å²) in [4.78, 5) is 4.49. The summed E-state index contributed by atoms with van der Waals surface area (Å²) < 4.78 is 1.94. The first kappa shape index (κ1) is 13.9. The highest BCUT2D eigenvalue weighted by molar-refractivity contribution is 9.10. The van der Waals surface area contributed by atoms with Crippen molar-refractivity contribution in [3.05, 3.63) is 60.7 Å². The lowest BCUT2D eigenvalue weighted by molar-refractivity contribution is 0.947. The molecule has 1 heterocycles. The van der Waals surface area contributed by atoms with Crippen LogP contribution in [0.25, 0.3) is 0 Å². The van der Waals surface area contributed by atoms with Crippen LogP contribution in [0.5, 0.6) is 0 Å². The number of hydrogen-bond acceptors (Lipinski definition) is 1. The zero-order chi connectivity index (χ0) is 13.6. The number of hydrogen-bond donors (Lipinski definition) is 0. The van der Waals surface area contributed by atoms with Crippen molar-refractivity contribution >= 4 is 55.1 Å². The minimum absolute atomic E-state index is 0.243. The highest BCUT2D eigenvalue weighted by atomic mass is 79.9. The van der Waals surface area contributed by atoms with Crippen LogP contribution >= 0.6 is 55.1 Å². The van der Waals surface area contributed by atoms with Crippen molar-refractivity contribution in [1.82, 2.24) is 4.98 Å². The van der Waals surface area contributed by atoms with Crippen molar-refractivity contribution in [3.8, 4) is 0 Å². The van der Waals surface area contributed by atoms with Gasteiger partial charge in [-0.25, -0.2) is 0 Å². The van der Waals surface area contributed by atoms with Crippen molar-refractivity contribution in [2.75, 3.05) is 0 Å². The number of aromatic nitrogens is 1. The van der Waals surface area contributed by atoms with E-state index < -0.39 is 0 Å². The zero-order valence-electron chi connectivity index (χ0n) is 9.76. The molecule has 5 heteroatoms. The summed E-state index contributed by atoms with van der Waals surface area (Å²) >= 11 is 19.8. The maximum atomic E-state index is 6.64. The predicted molar refractivity (Wildman–Crippen MR) is 86.2 cm³/mol. The Morgan fingerprint density at radius 2 is 1.84 bits per heavy atom. The standard InChI is InChI=1S/C14H9Br2Cl2N/c15-9-3-8-2-1-7-4-10(17)5-11(16)12(7)13(18)14(8)19-6-9/h3-6,13H,1-2H2. The van der Waals surface area contributed by atoms with E-state index in [1.165, 1.54) is 11.1 Å². The number of benzene rings is 1.